The van der Waals surface area contributed by atoms with E-state index < -0.39 is 78.3 Å². The summed E-state index contributed by atoms with van der Waals surface area (Å²) in [6, 6.07) is 9.49. The zero-order chi connectivity index (χ0) is 35.1. The summed E-state index contributed by atoms with van der Waals surface area (Å²) in [5.74, 6) is -5.03. The number of hydrogen-bond acceptors (Lipinski definition) is 7. The van der Waals surface area contributed by atoms with Crippen molar-refractivity contribution in [3.05, 3.63) is 115 Å². The molecule has 15 heteroatoms. The monoisotopic (exact) mass is 716 g/mol. The maximum Gasteiger partial charge on any atom is 0.316 e. The van der Waals surface area contributed by atoms with Gasteiger partial charge in [0.15, 0.2) is 5.75 Å². The molecule has 0 atom stereocenters. The predicted molar refractivity (Wildman–Crippen MR) is 179 cm³/mol. The Hall–Kier alpha value is -5.27. The summed E-state index contributed by atoms with van der Waals surface area (Å²) in [6.07, 6.45) is 2.86. The fourth-order valence-electron chi connectivity index (χ4n) is 4.53. The number of ether oxygens (including phenoxy) is 1. The number of esters is 1. The maximum atomic E-state index is 14.5. The molecule has 0 spiro atoms. The van der Waals surface area contributed by atoms with E-state index in [2.05, 4.69) is 19.9 Å². The molecule has 4 heterocycles. The van der Waals surface area contributed by atoms with Crippen LogP contribution in [0.3, 0.4) is 0 Å². The fourth-order valence-corrected chi connectivity index (χ4v) is 5.02. The third-order valence-corrected chi connectivity index (χ3v) is 7.63. The van der Waals surface area contributed by atoms with E-state index in [1.165, 1.54) is 30.6 Å². The Morgan fingerprint density at radius 2 is 1.14 bits per heavy atom. The number of rotatable bonds is 3. The van der Waals surface area contributed by atoms with Crippen LogP contribution < -0.4 is 15.9 Å². The van der Waals surface area contributed by atoms with Crippen LogP contribution in [0.25, 0.3) is 44.3 Å². The van der Waals surface area contributed by atoms with Crippen LogP contribution in [-0.2, 0) is 4.79 Å². The molecule has 0 unspecified atom stereocenters. The SMILES string of the molecule is C.CC(C)(C)C(=O)Oc1c(-c2c(F)ccc(F)c2Cl)c(=O)[nH]c2ncccc12.O=c1[nH]c2ncccc2c(O)c1-c1c(F)ccc(F)c1Cl. The second-order valence-corrected chi connectivity index (χ2v) is 12.0. The molecule has 49 heavy (non-hydrogen) atoms. The molecule has 6 rings (SSSR count). The zero-order valence-electron chi connectivity index (χ0n) is 25.0. The van der Waals surface area contributed by atoms with Gasteiger partial charge in [0.1, 0.15) is 40.3 Å². The summed E-state index contributed by atoms with van der Waals surface area (Å²) in [5, 5.41) is 9.51. The van der Waals surface area contributed by atoms with E-state index in [1.54, 1.807) is 26.8 Å². The highest BCUT2D eigenvalue weighted by molar-refractivity contribution is 6.34. The molecule has 4 aromatic heterocycles. The lowest BCUT2D eigenvalue weighted by Crippen LogP contribution is -2.27. The van der Waals surface area contributed by atoms with Crippen LogP contribution in [-0.4, -0.2) is 31.0 Å². The largest absolute Gasteiger partial charge is 0.506 e. The Kier molecular flexibility index (Phi) is 10.5. The van der Waals surface area contributed by atoms with Crippen molar-refractivity contribution in [3.8, 4) is 33.8 Å². The van der Waals surface area contributed by atoms with E-state index in [0.717, 1.165) is 24.3 Å². The van der Waals surface area contributed by atoms with E-state index in [-0.39, 0.29) is 40.8 Å². The number of H-pyrrole nitrogens is 2. The highest BCUT2D eigenvalue weighted by Gasteiger charge is 2.29. The van der Waals surface area contributed by atoms with Gasteiger partial charge in [0.05, 0.1) is 37.4 Å². The summed E-state index contributed by atoms with van der Waals surface area (Å²) >= 11 is 11.7. The minimum atomic E-state index is -0.928. The van der Waals surface area contributed by atoms with E-state index in [9.17, 15) is 37.1 Å². The third kappa shape index (κ3) is 6.99. The number of aromatic amines is 2. The first-order chi connectivity index (χ1) is 22.6. The number of nitrogens with zero attached hydrogens (tertiary/aromatic N) is 2. The summed E-state index contributed by atoms with van der Waals surface area (Å²) in [4.78, 5) is 50.0. The highest BCUT2D eigenvalue weighted by atomic mass is 35.5. The Morgan fingerprint density at radius 3 is 1.65 bits per heavy atom. The van der Waals surface area contributed by atoms with Crippen molar-refractivity contribution in [1.82, 2.24) is 19.9 Å². The lowest BCUT2D eigenvalue weighted by atomic mass is 9.97. The van der Waals surface area contributed by atoms with Gasteiger partial charge in [-0.2, -0.15) is 0 Å². The highest BCUT2D eigenvalue weighted by Crippen LogP contribution is 2.40. The van der Waals surface area contributed by atoms with Crippen LogP contribution in [0.5, 0.6) is 11.5 Å². The van der Waals surface area contributed by atoms with E-state index >= 15 is 0 Å². The van der Waals surface area contributed by atoms with Crippen LogP contribution in [0, 0.1) is 28.7 Å². The van der Waals surface area contributed by atoms with Gasteiger partial charge < -0.3 is 19.8 Å². The van der Waals surface area contributed by atoms with Gasteiger partial charge in [0, 0.05) is 23.5 Å². The quantitative estimate of drug-likeness (QED) is 0.0951. The first-order valence-electron chi connectivity index (χ1n) is 13.8. The van der Waals surface area contributed by atoms with Gasteiger partial charge in [-0.25, -0.2) is 27.5 Å². The third-order valence-electron chi connectivity index (χ3n) is 6.89. The second kappa shape index (κ2) is 14.1. The molecule has 0 bridgehead atoms. The number of benzene rings is 2. The molecule has 0 saturated carbocycles. The van der Waals surface area contributed by atoms with Crippen LogP contribution in [0.15, 0.2) is 70.5 Å². The number of fused-ring (bicyclic) bond motifs is 2. The Labute approximate surface area is 285 Å². The minimum absolute atomic E-state index is 0. The Balaban J connectivity index is 0.000000223. The molecule has 2 aromatic carbocycles. The van der Waals surface area contributed by atoms with Crippen molar-refractivity contribution in [2.45, 2.75) is 28.2 Å². The van der Waals surface area contributed by atoms with E-state index in [4.69, 9.17) is 27.9 Å². The summed E-state index contributed by atoms with van der Waals surface area (Å²) in [5.41, 5.74) is -4.05. The number of halogens is 6. The number of carbonyl (C=O) groups excluding carboxylic acids is 1. The zero-order valence-corrected chi connectivity index (χ0v) is 26.5. The molecule has 0 amide bonds. The molecule has 0 saturated heterocycles. The molecular weight excluding hydrogens is 691 g/mol. The number of aromatic hydroxyl groups is 1. The molecule has 0 aliphatic heterocycles. The van der Waals surface area contributed by atoms with Gasteiger partial charge in [0.2, 0.25) is 0 Å². The van der Waals surface area contributed by atoms with E-state index in [0.29, 0.717) is 0 Å². The van der Waals surface area contributed by atoms with Crippen LogP contribution in [0.4, 0.5) is 17.6 Å². The fraction of sp³-hybridized carbons (Fsp3) is 0.147. The minimum Gasteiger partial charge on any atom is -0.506 e. The van der Waals surface area contributed by atoms with Gasteiger partial charge >= 0.3 is 5.97 Å². The molecule has 0 radical (unpaired) electrons. The molecular formula is C34H26Cl2F4N4O5. The topological polar surface area (TPSA) is 138 Å². The first kappa shape index (κ1) is 36.6. The Bertz CT molecular complexity index is 2380. The van der Waals surface area contributed by atoms with Crippen molar-refractivity contribution in [1.29, 1.82) is 0 Å². The van der Waals surface area contributed by atoms with Gasteiger partial charge in [-0.05, 0) is 69.3 Å². The molecule has 0 fully saturated rings. The average Bonchev–Trinajstić information content (AvgIpc) is 3.03. The lowest BCUT2D eigenvalue weighted by molar-refractivity contribution is -0.142. The number of hydrogen-bond donors (Lipinski definition) is 3. The van der Waals surface area contributed by atoms with Gasteiger partial charge in [-0.1, -0.05) is 30.6 Å². The number of carbonyl (C=O) groups is 1. The standard InChI is InChI=1S/C19H15ClF2N2O3.C14H7ClF2N2O2.CH4/c1-19(2,3)18(26)27-15-9-5-4-8-23-16(9)24-17(25)13(15)12-10(21)6-7-11(22)14(12)20;15-11-8(17)4-3-7(16)9(11)10-12(20)6-2-1-5-18-13(6)19-14(10)21;/h4-8H,1-3H3,(H,23,24,25);1-5H,(H2,18,19,20,21);1H4. The second-order valence-electron chi connectivity index (χ2n) is 11.2. The molecule has 0 aliphatic carbocycles. The molecule has 3 N–H and O–H groups in total. The van der Waals surface area contributed by atoms with Crippen molar-refractivity contribution in [2.24, 2.45) is 5.41 Å². The molecule has 254 valence electrons. The van der Waals surface area contributed by atoms with Gasteiger partial charge in [-0.15, -0.1) is 0 Å². The smallest absolute Gasteiger partial charge is 0.316 e. The van der Waals surface area contributed by atoms with Gasteiger partial charge in [0.25, 0.3) is 11.1 Å². The first-order valence-corrected chi connectivity index (χ1v) is 14.6. The molecule has 0 aliphatic rings. The van der Waals surface area contributed by atoms with Crippen LogP contribution in [0.2, 0.25) is 10.0 Å². The molecule has 9 nitrogen and oxygen atoms in total. The average molecular weight is 718 g/mol. The molecule has 6 aromatic rings. The maximum absolute atomic E-state index is 14.5. The lowest BCUT2D eigenvalue weighted by Gasteiger charge is -2.19. The van der Waals surface area contributed by atoms with Crippen molar-refractivity contribution < 1.29 is 32.2 Å². The predicted octanol–water partition coefficient (Wildman–Crippen LogP) is 8.34. The number of aromatic nitrogens is 4. The van der Waals surface area contributed by atoms with Gasteiger partial charge in [-0.3, -0.25) is 14.4 Å². The van der Waals surface area contributed by atoms with Crippen molar-refractivity contribution in [2.75, 3.05) is 0 Å². The van der Waals surface area contributed by atoms with Crippen molar-refractivity contribution in [3.63, 3.8) is 0 Å². The number of nitrogens with one attached hydrogen (secondary N) is 2. The summed E-state index contributed by atoms with van der Waals surface area (Å²) in [6.45, 7) is 4.87. The number of pyridine rings is 4. The normalized spacial score (nSPS) is 11.1. The van der Waals surface area contributed by atoms with Crippen LogP contribution >= 0.6 is 23.2 Å². The Morgan fingerprint density at radius 1 is 0.714 bits per heavy atom. The summed E-state index contributed by atoms with van der Waals surface area (Å²) in [7, 11) is 0. The van der Waals surface area contributed by atoms with E-state index in [1.807, 2.05) is 0 Å². The van der Waals surface area contributed by atoms with Crippen LogP contribution in [0.1, 0.15) is 28.2 Å². The van der Waals surface area contributed by atoms with Crippen molar-refractivity contribution >= 4 is 51.2 Å². The summed E-state index contributed by atoms with van der Waals surface area (Å²) < 4.78 is 61.4.